The number of aliphatic hydroxyl groups is 1. The second kappa shape index (κ2) is 12.0. The molecule has 0 bridgehead atoms. The lowest BCUT2D eigenvalue weighted by atomic mass is 9.96. The summed E-state index contributed by atoms with van der Waals surface area (Å²) in [5, 5.41) is 10.5. The molecule has 1 aliphatic rings. The SMILES string of the molecule is COc1ccc(COCC(O)CN2CCN(C(c3ccccc3)c3ccccc3)CC2)cc1. The van der Waals surface area contributed by atoms with Crippen LogP contribution in [-0.4, -0.2) is 67.5 Å². The smallest absolute Gasteiger partial charge is 0.118 e. The molecule has 1 N–H and O–H groups in total. The molecule has 1 saturated heterocycles. The number of nitrogens with zero attached hydrogens (tertiary/aromatic N) is 2. The minimum atomic E-state index is -0.492. The van der Waals surface area contributed by atoms with Crippen LogP contribution in [0.1, 0.15) is 22.7 Å². The van der Waals surface area contributed by atoms with Gasteiger partial charge >= 0.3 is 0 Å². The Morgan fingerprint density at radius 3 is 1.91 bits per heavy atom. The first-order valence-electron chi connectivity index (χ1n) is 11.7. The predicted molar refractivity (Wildman–Crippen MR) is 131 cm³/mol. The van der Waals surface area contributed by atoms with Gasteiger partial charge in [-0.3, -0.25) is 9.80 Å². The van der Waals surface area contributed by atoms with Gasteiger partial charge in [-0.15, -0.1) is 0 Å². The molecule has 5 nitrogen and oxygen atoms in total. The van der Waals surface area contributed by atoms with Crippen molar-refractivity contribution >= 4 is 0 Å². The van der Waals surface area contributed by atoms with Crippen LogP contribution in [0.15, 0.2) is 84.9 Å². The maximum Gasteiger partial charge on any atom is 0.118 e. The molecule has 1 heterocycles. The first-order chi connectivity index (χ1) is 16.2. The van der Waals surface area contributed by atoms with E-state index in [0.29, 0.717) is 19.8 Å². The third-order valence-corrected chi connectivity index (χ3v) is 6.21. The summed E-state index contributed by atoms with van der Waals surface area (Å²) < 4.78 is 10.9. The van der Waals surface area contributed by atoms with Crippen LogP contribution in [0.4, 0.5) is 0 Å². The summed E-state index contributed by atoms with van der Waals surface area (Å²) in [4.78, 5) is 4.89. The van der Waals surface area contributed by atoms with Crippen LogP contribution >= 0.6 is 0 Å². The Hall–Kier alpha value is -2.70. The zero-order valence-electron chi connectivity index (χ0n) is 19.3. The van der Waals surface area contributed by atoms with Crippen molar-refractivity contribution in [3.63, 3.8) is 0 Å². The highest BCUT2D eigenvalue weighted by Gasteiger charge is 2.27. The van der Waals surface area contributed by atoms with Gasteiger partial charge in [0.2, 0.25) is 0 Å². The molecule has 5 heteroatoms. The molecule has 0 amide bonds. The minimum absolute atomic E-state index is 0.257. The van der Waals surface area contributed by atoms with Crippen molar-refractivity contribution in [2.45, 2.75) is 18.8 Å². The number of β-amino-alcohol motifs (C(OH)–C–C–N with tert-alkyl or cyclic N) is 1. The fourth-order valence-electron chi connectivity index (χ4n) is 4.47. The molecule has 1 unspecified atom stereocenters. The maximum absolute atomic E-state index is 10.5. The number of benzene rings is 3. The Kier molecular flexibility index (Phi) is 8.50. The molecule has 0 saturated carbocycles. The van der Waals surface area contributed by atoms with E-state index in [9.17, 15) is 5.11 Å². The number of hydrogen-bond acceptors (Lipinski definition) is 5. The van der Waals surface area contributed by atoms with E-state index in [0.717, 1.165) is 37.5 Å². The molecule has 3 aromatic rings. The van der Waals surface area contributed by atoms with Crippen LogP contribution in [0.3, 0.4) is 0 Å². The predicted octanol–water partition coefficient (Wildman–Crippen LogP) is 3.98. The fraction of sp³-hybridized carbons (Fsp3) is 0.357. The summed E-state index contributed by atoms with van der Waals surface area (Å²) in [6, 6.07) is 29.5. The quantitative estimate of drug-likeness (QED) is 0.510. The van der Waals surface area contributed by atoms with Gasteiger partial charge in [0.15, 0.2) is 0 Å². The summed E-state index contributed by atoms with van der Waals surface area (Å²) in [7, 11) is 1.66. The van der Waals surface area contributed by atoms with E-state index in [4.69, 9.17) is 9.47 Å². The maximum atomic E-state index is 10.5. The van der Waals surface area contributed by atoms with Crippen LogP contribution in [-0.2, 0) is 11.3 Å². The van der Waals surface area contributed by atoms with Gasteiger partial charge in [0.25, 0.3) is 0 Å². The lowest BCUT2D eigenvalue weighted by Crippen LogP contribution is -2.50. The second-order valence-corrected chi connectivity index (χ2v) is 8.58. The average molecular weight is 447 g/mol. The van der Waals surface area contributed by atoms with E-state index < -0.39 is 6.10 Å². The molecule has 0 spiro atoms. The summed E-state index contributed by atoms with van der Waals surface area (Å²) in [5.41, 5.74) is 3.72. The highest BCUT2D eigenvalue weighted by molar-refractivity contribution is 5.32. The molecule has 3 aromatic carbocycles. The van der Waals surface area contributed by atoms with Gasteiger partial charge in [0, 0.05) is 32.7 Å². The van der Waals surface area contributed by atoms with Crippen molar-refractivity contribution < 1.29 is 14.6 Å². The van der Waals surface area contributed by atoms with Crippen LogP contribution in [0, 0.1) is 0 Å². The summed E-state index contributed by atoms with van der Waals surface area (Å²) in [5.74, 6) is 0.833. The topological polar surface area (TPSA) is 45.2 Å². The molecule has 1 aliphatic heterocycles. The molecule has 0 aliphatic carbocycles. The molecular weight excluding hydrogens is 412 g/mol. The summed E-state index contributed by atoms with van der Waals surface area (Å²) >= 11 is 0. The van der Waals surface area contributed by atoms with Gasteiger partial charge in [-0.05, 0) is 28.8 Å². The number of aliphatic hydroxyl groups excluding tert-OH is 1. The normalized spacial score (nSPS) is 16.1. The minimum Gasteiger partial charge on any atom is -0.497 e. The van der Waals surface area contributed by atoms with E-state index in [2.05, 4.69) is 70.5 Å². The van der Waals surface area contributed by atoms with Crippen molar-refractivity contribution in [2.75, 3.05) is 46.4 Å². The number of piperazine rings is 1. The molecule has 4 rings (SSSR count). The monoisotopic (exact) mass is 446 g/mol. The van der Waals surface area contributed by atoms with E-state index in [1.54, 1.807) is 7.11 Å². The lowest BCUT2D eigenvalue weighted by Gasteiger charge is -2.40. The van der Waals surface area contributed by atoms with Crippen LogP contribution in [0.25, 0.3) is 0 Å². The van der Waals surface area contributed by atoms with Gasteiger partial charge in [-0.1, -0.05) is 72.8 Å². The lowest BCUT2D eigenvalue weighted by molar-refractivity contribution is -0.000714. The number of methoxy groups -OCH3 is 1. The zero-order chi connectivity index (χ0) is 22.9. The molecule has 0 aromatic heterocycles. The molecule has 0 radical (unpaired) electrons. The van der Waals surface area contributed by atoms with Gasteiger partial charge < -0.3 is 14.6 Å². The third kappa shape index (κ3) is 6.65. The molecule has 33 heavy (non-hydrogen) atoms. The largest absolute Gasteiger partial charge is 0.497 e. The number of rotatable bonds is 10. The van der Waals surface area contributed by atoms with Gasteiger partial charge in [-0.2, -0.15) is 0 Å². The zero-order valence-corrected chi connectivity index (χ0v) is 19.3. The fourth-order valence-corrected chi connectivity index (χ4v) is 4.47. The van der Waals surface area contributed by atoms with Crippen molar-refractivity contribution in [1.29, 1.82) is 0 Å². The van der Waals surface area contributed by atoms with Gasteiger partial charge in [0.05, 0.1) is 32.5 Å². The standard InChI is InChI=1S/C28H34N2O3/c1-32-27-14-12-23(13-15-27)21-33-22-26(31)20-29-16-18-30(19-17-29)28(24-8-4-2-5-9-24)25-10-6-3-7-11-25/h2-15,26,28,31H,16-22H2,1H3. The second-order valence-electron chi connectivity index (χ2n) is 8.58. The third-order valence-electron chi connectivity index (χ3n) is 6.21. The van der Waals surface area contributed by atoms with Crippen molar-refractivity contribution in [3.05, 3.63) is 102 Å². The molecule has 174 valence electrons. The Morgan fingerprint density at radius 1 is 0.788 bits per heavy atom. The average Bonchev–Trinajstić information content (AvgIpc) is 2.87. The summed E-state index contributed by atoms with van der Waals surface area (Å²) in [6.07, 6.45) is -0.492. The molecular formula is C28H34N2O3. The van der Waals surface area contributed by atoms with E-state index in [-0.39, 0.29) is 6.04 Å². The highest BCUT2D eigenvalue weighted by atomic mass is 16.5. The van der Waals surface area contributed by atoms with Gasteiger partial charge in [-0.25, -0.2) is 0 Å². The van der Waals surface area contributed by atoms with E-state index in [1.807, 2.05) is 24.3 Å². The highest BCUT2D eigenvalue weighted by Crippen LogP contribution is 2.29. The van der Waals surface area contributed by atoms with Crippen molar-refractivity contribution in [1.82, 2.24) is 9.80 Å². The summed E-state index contributed by atoms with van der Waals surface area (Å²) in [6.45, 7) is 5.27. The Balaban J connectivity index is 1.26. The Bertz CT molecular complexity index is 902. The first-order valence-corrected chi connectivity index (χ1v) is 11.7. The van der Waals surface area contributed by atoms with Crippen molar-refractivity contribution in [3.8, 4) is 5.75 Å². The van der Waals surface area contributed by atoms with E-state index in [1.165, 1.54) is 11.1 Å². The van der Waals surface area contributed by atoms with Crippen LogP contribution in [0.2, 0.25) is 0 Å². The van der Waals surface area contributed by atoms with Crippen LogP contribution in [0.5, 0.6) is 5.75 Å². The first kappa shape index (κ1) is 23.5. The van der Waals surface area contributed by atoms with E-state index >= 15 is 0 Å². The Morgan fingerprint density at radius 2 is 1.36 bits per heavy atom. The Labute approximate surface area is 197 Å². The number of hydrogen-bond donors (Lipinski definition) is 1. The molecule has 1 fully saturated rings. The number of ether oxygens (including phenoxy) is 2. The van der Waals surface area contributed by atoms with Gasteiger partial charge in [0.1, 0.15) is 5.75 Å². The van der Waals surface area contributed by atoms with Crippen molar-refractivity contribution in [2.24, 2.45) is 0 Å². The molecule has 1 atom stereocenters. The van der Waals surface area contributed by atoms with Crippen LogP contribution < -0.4 is 4.74 Å².